The Balaban J connectivity index is 1.62. The molecule has 4 rings (SSSR count). The summed E-state index contributed by atoms with van der Waals surface area (Å²) in [7, 11) is 0. The summed E-state index contributed by atoms with van der Waals surface area (Å²) in [5, 5.41) is 15.6. The summed E-state index contributed by atoms with van der Waals surface area (Å²) in [4.78, 5) is 28.6. The molecule has 0 spiro atoms. The van der Waals surface area contributed by atoms with Crippen LogP contribution < -0.4 is 15.4 Å². The maximum absolute atomic E-state index is 12.9. The SMILES string of the molecule is CCOc1nc2ccc(C(=O)NC3CCCCCN3)cc2n1Cc1ccc(C(=O)O)cc1. The van der Waals surface area contributed by atoms with Crippen LogP contribution in [0.25, 0.3) is 11.0 Å². The molecule has 1 unspecified atom stereocenters. The first-order valence-corrected chi connectivity index (χ1v) is 11.0. The number of benzene rings is 2. The van der Waals surface area contributed by atoms with Gasteiger partial charge in [-0.05, 0) is 62.2 Å². The first-order chi connectivity index (χ1) is 15.5. The van der Waals surface area contributed by atoms with Gasteiger partial charge in [0.05, 0.1) is 35.9 Å². The standard InChI is InChI=1S/C24H28N4O4/c1-2-32-24-26-19-12-11-18(22(29)27-21-6-4-3-5-13-25-21)14-20(19)28(24)15-16-7-9-17(10-8-16)23(30)31/h7-12,14,21,25H,2-6,13,15H2,1H3,(H,27,29)(H,30,31). The predicted octanol–water partition coefficient (Wildman–Crippen LogP) is 3.40. The molecule has 1 saturated heterocycles. The number of imidazole rings is 1. The third kappa shape index (κ3) is 4.91. The molecule has 3 N–H and O–H groups in total. The summed E-state index contributed by atoms with van der Waals surface area (Å²) in [6.45, 7) is 3.71. The average Bonchev–Trinajstić information content (AvgIpc) is 2.94. The van der Waals surface area contributed by atoms with Gasteiger partial charge in [0.15, 0.2) is 0 Å². The Morgan fingerprint density at radius 3 is 2.69 bits per heavy atom. The Hall–Kier alpha value is -3.39. The maximum atomic E-state index is 12.9. The normalized spacial score (nSPS) is 16.5. The van der Waals surface area contributed by atoms with E-state index in [1.807, 2.05) is 23.6 Å². The molecule has 0 radical (unpaired) electrons. The van der Waals surface area contributed by atoms with Crippen molar-refractivity contribution in [2.45, 2.75) is 45.3 Å². The highest BCUT2D eigenvalue weighted by atomic mass is 16.5. The molecular weight excluding hydrogens is 408 g/mol. The van der Waals surface area contributed by atoms with Gasteiger partial charge in [-0.1, -0.05) is 25.0 Å². The number of aromatic carboxylic acids is 1. The molecule has 0 bridgehead atoms. The van der Waals surface area contributed by atoms with E-state index in [1.54, 1.807) is 30.3 Å². The minimum atomic E-state index is -0.960. The number of amides is 1. The van der Waals surface area contributed by atoms with Crippen molar-refractivity contribution < 1.29 is 19.4 Å². The summed E-state index contributed by atoms with van der Waals surface area (Å²) in [5.74, 6) is -1.08. The van der Waals surface area contributed by atoms with E-state index in [0.29, 0.717) is 24.7 Å². The molecule has 2 aromatic carbocycles. The number of aromatic nitrogens is 2. The molecule has 1 aliphatic heterocycles. The van der Waals surface area contributed by atoms with E-state index in [9.17, 15) is 9.59 Å². The lowest BCUT2D eigenvalue weighted by molar-refractivity contribution is 0.0696. The van der Waals surface area contributed by atoms with Crippen LogP contribution in [0.15, 0.2) is 42.5 Å². The summed E-state index contributed by atoms with van der Waals surface area (Å²) < 4.78 is 7.65. The largest absolute Gasteiger partial charge is 0.478 e. The van der Waals surface area contributed by atoms with E-state index in [0.717, 1.165) is 42.4 Å². The molecule has 8 nitrogen and oxygen atoms in total. The number of nitrogens with one attached hydrogen (secondary N) is 2. The number of ether oxygens (including phenoxy) is 1. The van der Waals surface area contributed by atoms with E-state index in [1.165, 1.54) is 6.42 Å². The van der Waals surface area contributed by atoms with Crippen LogP contribution in [0.5, 0.6) is 6.01 Å². The van der Waals surface area contributed by atoms with Gasteiger partial charge in [0.1, 0.15) is 0 Å². The van der Waals surface area contributed by atoms with Crippen molar-refractivity contribution in [2.24, 2.45) is 0 Å². The maximum Gasteiger partial charge on any atom is 0.335 e. The van der Waals surface area contributed by atoms with Crippen LogP contribution in [-0.2, 0) is 6.54 Å². The smallest absolute Gasteiger partial charge is 0.335 e. The van der Waals surface area contributed by atoms with Gasteiger partial charge < -0.3 is 15.2 Å². The lowest BCUT2D eigenvalue weighted by Crippen LogP contribution is -2.44. The first kappa shape index (κ1) is 21.8. The molecule has 0 saturated carbocycles. The average molecular weight is 437 g/mol. The number of carboxylic acid groups (broad SMARTS) is 1. The zero-order chi connectivity index (χ0) is 22.5. The quantitative estimate of drug-likeness (QED) is 0.524. The molecule has 168 valence electrons. The van der Waals surface area contributed by atoms with Crippen LogP contribution in [0.4, 0.5) is 0 Å². The summed E-state index contributed by atoms with van der Waals surface area (Å²) in [6, 6.07) is 12.6. The molecule has 1 fully saturated rings. The van der Waals surface area contributed by atoms with Gasteiger partial charge in [0.2, 0.25) is 0 Å². The second-order valence-corrected chi connectivity index (χ2v) is 7.95. The fourth-order valence-electron chi connectivity index (χ4n) is 3.96. The van der Waals surface area contributed by atoms with Crippen molar-refractivity contribution in [3.05, 3.63) is 59.2 Å². The van der Waals surface area contributed by atoms with Gasteiger partial charge >= 0.3 is 5.97 Å². The fraction of sp³-hybridized carbons (Fsp3) is 0.375. The minimum absolute atomic E-state index is 0.0163. The number of nitrogens with zero attached hydrogens (tertiary/aromatic N) is 2. The molecule has 1 aliphatic rings. The van der Waals surface area contributed by atoms with Crippen molar-refractivity contribution >= 4 is 22.9 Å². The van der Waals surface area contributed by atoms with Crippen molar-refractivity contribution in [1.82, 2.24) is 20.2 Å². The number of hydrogen-bond acceptors (Lipinski definition) is 5. The van der Waals surface area contributed by atoms with Crippen LogP contribution in [-0.4, -0.2) is 45.9 Å². The fourth-order valence-corrected chi connectivity index (χ4v) is 3.96. The second kappa shape index (κ2) is 9.82. The Bertz CT molecular complexity index is 1100. The Morgan fingerprint density at radius 1 is 1.16 bits per heavy atom. The Labute approximate surface area is 186 Å². The topological polar surface area (TPSA) is 105 Å². The van der Waals surface area contributed by atoms with E-state index >= 15 is 0 Å². The van der Waals surface area contributed by atoms with Crippen LogP contribution in [0.1, 0.15) is 58.9 Å². The number of rotatable bonds is 7. The number of hydrogen-bond donors (Lipinski definition) is 3. The predicted molar refractivity (Wildman–Crippen MR) is 121 cm³/mol. The van der Waals surface area contributed by atoms with Gasteiger partial charge in [-0.2, -0.15) is 4.98 Å². The second-order valence-electron chi connectivity index (χ2n) is 7.95. The molecule has 0 aliphatic carbocycles. The van der Waals surface area contributed by atoms with Gasteiger partial charge in [-0.15, -0.1) is 0 Å². The summed E-state index contributed by atoms with van der Waals surface area (Å²) >= 11 is 0. The van der Waals surface area contributed by atoms with Crippen molar-refractivity contribution in [3.8, 4) is 6.01 Å². The lowest BCUT2D eigenvalue weighted by atomic mass is 10.1. The Morgan fingerprint density at radius 2 is 1.94 bits per heavy atom. The lowest BCUT2D eigenvalue weighted by Gasteiger charge is -2.17. The van der Waals surface area contributed by atoms with Crippen LogP contribution in [0.2, 0.25) is 0 Å². The van der Waals surface area contributed by atoms with E-state index in [-0.39, 0.29) is 17.6 Å². The van der Waals surface area contributed by atoms with Gasteiger partial charge in [-0.3, -0.25) is 14.7 Å². The van der Waals surface area contributed by atoms with Gasteiger partial charge in [0, 0.05) is 5.56 Å². The third-order valence-corrected chi connectivity index (χ3v) is 5.66. The van der Waals surface area contributed by atoms with Crippen LogP contribution in [0.3, 0.4) is 0 Å². The number of carboxylic acids is 1. The monoisotopic (exact) mass is 436 g/mol. The zero-order valence-corrected chi connectivity index (χ0v) is 18.1. The van der Waals surface area contributed by atoms with Crippen molar-refractivity contribution in [2.75, 3.05) is 13.2 Å². The molecule has 32 heavy (non-hydrogen) atoms. The Kier molecular flexibility index (Phi) is 6.70. The first-order valence-electron chi connectivity index (χ1n) is 11.0. The van der Waals surface area contributed by atoms with Crippen LogP contribution >= 0.6 is 0 Å². The minimum Gasteiger partial charge on any atom is -0.478 e. The van der Waals surface area contributed by atoms with Crippen molar-refractivity contribution in [3.63, 3.8) is 0 Å². The number of fused-ring (bicyclic) bond motifs is 1. The van der Waals surface area contributed by atoms with Gasteiger partial charge in [-0.25, -0.2) is 4.79 Å². The summed E-state index contributed by atoms with van der Waals surface area (Å²) in [5.41, 5.74) is 3.24. The molecule has 2 heterocycles. The molecule has 1 aromatic heterocycles. The molecular formula is C24H28N4O4. The van der Waals surface area contributed by atoms with Gasteiger partial charge in [0.25, 0.3) is 11.9 Å². The molecule has 1 atom stereocenters. The van der Waals surface area contributed by atoms with Crippen molar-refractivity contribution in [1.29, 1.82) is 0 Å². The molecule has 8 heteroatoms. The highest BCUT2D eigenvalue weighted by molar-refractivity contribution is 5.97. The zero-order valence-electron chi connectivity index (χ0n) is 18.1. The van der Waals surface area contributed by atoms with Crippen LogP contribution in [0, 0.1) is 0 Å². The number of carbonyl (C=O) groups is 2. The van der Waals surface area contributed by atoms with E-state index in [2.05, 4.69) is 15.6 Å². The van der Waals surface area contributed by atoms with E-state index < -0.39 is 5.97 Å². The molecule has 3 aromatic rings. The summed E-state index contributed by atoms with van der Waals surface area (Å²) in [6.07, 6.45) is 4.32. The number of carbonyl (C=O) groups excluding carboxylic acids is 1. The van der Waals surface area contributed by atoms with E-state index in [4.69, 9.17) is 9.84 Å². The third-order valence-electron chi connectivity index (χ3n) is 5.66. The molecule has 1 amide bonds. The highest BCUT2D eigenvalue weighted by Gasteiger charge is 2.18. The highest BCUT2D eigenvalue weighted by Crippen LogP contribution is 2.25.